The maximum absolute atomic E-state index is 11.8. The van der Waals surface area contributed by atoms with E-state index >= 15 is 0 Å². The van der Waals surface area contributed by atoms with Gasteiger partial charge in [0.1, 0.15) is 0 Å². The van der Waals surface area contributed by atoms with Crippen LogP contribution in [0.2, 0.25) is 0 Å². The molecule has 2 heterocycles. The van der Waals surface area contributed by atoms with E-state index < -0.39 is 0 Å². The smallest absolute Gasteiger partial charge is 0.195 e. The van der Waals surface area contributed by atoms with Gasteiger partial charge in [0.15, 0.2) is 5.78 Å². The first-order chi connectivity index (χ1) is 7.65. The molecule has 0 fully saturated rings. The van der Waals surface area contributed by atoms with Crippen LogP contribution in [0, 0.1) is 13.8 Å². The topological polar surface area (TPSA) is 17.1 Å². The third-order valence-electron chi connectivity index (χ3n) is 2.14. The summed E-state index contributed by atoms with van der Waals surface area (Å²) in [4.78, 5) is 16.1. The van der Waals surface area contributed by atoms with Gasteiger partial charge in [0.2, 0.25) is 0 Å². The summed E-state index contributed by atoms with van der Waals surface area (Å²) in [5.74, 6) is 0.0872. The van der Waals surface area contributed by atoms with Crippen molar-refractivity contribution in [3.63, 3.8) is 0 Å². The summed E-state index contributed by atoms with van der Waals surface area (Å²) < 4.78 is 0. The Hall–Kier alpha value is -1.19. The van der Waals surface area contributed by atoms with E-state index in [0.29, 0.717) is 0 Å². The molecule has 0 unspecified atom stereocenters. The molecule has 2 aromatic heterocycles. The van der Waals surface area contributed by atoms with Crippen molar-refractivity contribution in [2.24, 2.45) is 0 Å². The lowest BCUT2D eigenvalue weighted by atomic mass is 10.3. The first-order valence-corrected chi connectivity index (χ1v) is 6.64. The van der Waals surface area contributed by atoms with Gasteiger partial charge in [-0.3, -0.25) is 4.79 Å². The van der Waals surface area contributed by atoms with E-state index in [1.54, 1.807) is 17.4 Å². The zero-order valence-electron chi connectivity index (χ0n) is 9.19. The molecule has 2 rings (SSSR count). The molecule has 2 aromatic rings. The number of rotatable bonds is 3. The minimum absolute atomic E-state index is 0.0872. The number of allylic oxidation sites excluding steroid dienone is 1. The van der Waals surface area contributed by atoms with Gasteiger partial charge in [0, 0.05) is 14.6 Å². The summed E-state index contributed by atoms with van der Waals surface area (Å²) in [6.07, 6.45) is 3.53. The molecule has 0 bridgehead atoms. The maximum atomic E-state index is 11.8. The van der Waals surface area contributed by atoms with Crippen LogP contribution < -0.4 is 0 Å². The normalized spacial score (nSPS) is 11.1. The highest BCUT2D eigenvalue weighted by Gasteiger charge is 2.03. The zero-order valence-corrected chi connectivity index (χ0v) is 10.8. The number of hydrogen-bond donors (Lipinski definition) is 0. The van der Waals surface area contributed by atoms with Crippen LogP contribution >= 0.6 is 22.7 Å². The number of hydrogen-bond acceptors (Lipinski definition) is 3. The van der Waals surface area contributed by atoms with Crippen LogP contribution in [0.15, 0.2) is 30.3 Å². The van der Waals surface area contributed by atoms with Crippen molar-refractivity contribution in [3.8, 4) is 0 Å². The number of ketones is 1. The highest BCUT2D eigenvalue weighted by molar-refractivity contribution is 7.14. The van der Waals surface area contributed by atoms with Gasteiger partial charge in [0.25, 0.3) is 0 Å². The van der Waals surface area contributed by atoms with E-state index in [1.807, 2.05) is 31.2 Å². The highest BCUT2D eigenvalue weighted by Crippen LogP contribution is 2.19. The summed E-state index contributed by atoms with van der Waals surface area (Å²) in [6.45, 7) is 4.07. The molecular weight excluding hydrogens is 236 g/mol. The average Bonchev–Trinajstić information content (AvgIpc) is 2.84. The van der Waals surface area contributed by atoms with Gasteiger partial charge in [0.05, 0.1) is 4.88 Å². The molecule has 82 valence electrons. The Morgan fingerprint density at radius 1 is 1.06 bits per heavy atom. The Morgan fingerprint density at radius 2 is 1.75 bits per heavy atom. The number of aryl methyl sites for hydroxylation is 2. The van der Waals surface area contributed by atoms with E-state index in [2.05, 4.69) is 13.0 Å². The summed E-state index contributed by atoms with van der Waals surface area (Å²) in [5, 5.41) is 0. The molecule has 0 spiro atoms. The third kappa shape index (κ3) is 2.68. The molecule has 0 aromatic carbocycles. The lowest BCUT2D eigenvalue weighted by Gasteiger charge is -1.87. The molecule has 0 saturated heterocycles. The van der Waals surface area contributed by atoms with E-state index in [-0.39, 0.29) is 5.78 Å². The molecule has 0 radical (unpaired) electrons. The van der Waals surface area contributed by atoms with Crippen LogP contribution in [0.1, 0.15) is 24.3 Å². The second-order valence-electron chi connectivity index (χ2n) is 3.56. The number of carbonyl (C=O) groups is 1. The molecule has 0 saturated carbocycles. The van der Waals surface area contributed by atoms with Gasteiger partial charge in [-0.25, -0.2) is 0 Å². The van der Waals surface area contributed by atoms with Crippen molar-refractivity contribution in [2.75, 3.05) is 0 Å². The quantitative estimate of drug-likeness (QED) is 0.584. The Bertz CT molecular complexity index is 532. The average molecular weight is 248 g/mol. The second-order valence-corrected chi connectivity index (χ2v) is 6.16. The van der Waals surface area contributed by atoms with Crippen LogP contribution in [0.25, 0.3) is 6.08 Å². The van der Waals surface area contributed by atoms with Crippen LogP contribution in [0.4, 0.5) is 0 Å². The minimum atomic E-state index is 0.0872. The first kappa shape index (κ1) is 11.3. The van der Waals surface area contributed by atoms with E-state index in [0.717, 1.165) is 9.75 Å². The van der Waals surface area contributed by atoms with E-state index in [4.69, 9.17) is 0 Å². The molecule has 16 heavy (non-hydrogen) atoms. The fraction of sp³-hybridized carbons (Fsp3) is 0.154. The summed E-state index contributed by atoms with van der Waals surface area (Å²) in [7, 11) is 0. The van der Waals surface area contributed by atoms with Crippen LogP contribution in [0.3, 0.4) is 0 Å². The lowest BCUT2D eigenvalue weighted by Crippen LogP contribution is -1.87. The molecule has 0 N–H and O–H groups in total. The molecular formula is C13H12OS2. The lowest BCUT2D eigenvalue weighted by molar-refractivity contribution is 0.105. The predicted molar refractivity (Wildman–Crippen MR) is 71.5 cm³/mol. The molecule has 0 aliphatic heterocycles. The Morgan fingerprint density at radius 3 is 2.31 bits per heavy atom. The fourth-order valence-electron chi connectivity index (χ4n) is 1.35. The molecule has 1 nitrogen and oxygen atoms in total. The maximum Gasteiger partial charge on any atom is 0.195 e. The second kappa shape index (κ2) is 4.76. The number of carbonyl (C=O) groups excluding carboxylic acids is 1. The van der Waals surface area contributed by atoms with Gasteiger partial charge in [-0.15, -0.1) is 22.7 Å². The van der Waals surface area contributed by atoms with Crippen molar-refractivity contribution in [1.82, 2.24) is 0 Å². The third-order valence-corrected chi connectivity index (χ3v) is 4.12. The van der Waals surface area contributed by atoms with Gasteiger partial charge in [-0.05, 0) is 50.3 Å². The molecule has 0 amide bonds. The SMILES string of the molecule is Cc1ccc(C=CC(=O)c2ccc(C)s2)s1. The van der Waals surface area contributed by atoms with E-state index in [9.17, 15) is 4.79 Å². The fourth-order valence-corrected chi connectivity index (χ4v) is 2.92. The Kier molecular flexibility index (Phi) is 3.36. The monoisotopic (exact) mass is 248 g/mol. The number of thiophene rings is 2. The van der Waals surface area contributed by atoms with Gasteiger partial charge >= 0.3 is 0 Å². The largest absolute Gasteiger partial charge is 0.288 e. The van der Waals surface area contributed by atoms with Crippen molar-refractivity contribution >= 4 is 34.5 Å². The highest BCUT2D eigenvalue weighted by atomic mass is 32.1. The van der Waals surface area contributed by atoms with Crippen molar-refractivity contribution in [1.29, 1.82) is 0 Å². The van der Waals surface area contributed by atoms with Crippen LogP contribution in [-0.4, -0.2) is 5.78 Å². The van der Waals surface area contributed by atoms with E-state index in [1.165, 1.54) is 21.1 Å². The first-order valence-electron chi connectivity index (χ1n) is 5.00. The Labute approximate surface area is 103 Å². The molecule has 0 aliphatic carbocycles. The molecule has 0 atom stereocenters. The van der Waals surface area contributed by atoms with Gasteiger partial charge in [-0.2, -0.15) is 0 Å². The van der Waals surface area contributed by atoms with Crippen molar-refractivity contribution in [3.05, 3.63) is 49.9 Å². The molecule has 0 aliphatic rings. The summed E-state index contributed by atoms with van der Waals surface area (Å²) in [5.41, 5.74) is 0. The van der Waals surface area contributed by atoms with Crippen molar-refractivity contribution in [2.45, 2.75) is 13.8 Å². The summed E-state index contributed by atoms with van der Waals surface area (Å²) >= 11 is 3.23. The summed E-state index contributed by atoms with van der Waals surface area (Å²) in [6, 6.07) is 7.95. The zero-order chi connectivity index (χ0) is 11.5. The van der Waals surface area contributed by atoms with Gasteiger partial charge in [-0.1, -0.05) is 0 Å². The Balaban J connectivity index is 2.10. The van der Waals surface area contributed by atoms with Gasteiger partial charge < -0.3 is 0 Å². The predicted octanol–water partition coefficient (Wildman–Crippen LogP) is 4.32. The van der Waals surface area contributed by atoms with Crippen LogP contribution in [0.5, 0.6) is 0 Å². The van der Waals surface area contributed by atoms with Crippen molar-refractivity contribution < 1.29 is 4.79 Å². The minimum Gasteiger partial charge on any atom is -0.288 e. The molecule has 3 heteroatoms. The standard InChI is InChI=1S/C13H12OS2/c1-9-3-5-11(15-9)6-7-12(14)13-8-4-10(2)16-13/h3-8H,1-2H3. The van der Waals surface area contributed by atoms with Crippen LogP contribution in [-0.2, 0) is 0 Å².